The largest absolute Gasteiger partial charge is 0.297 e. The smallest absolute Gasteiger partial charge is 0.254 e. The van der Waals surface area contributed by atoms with E-state index in [0.29, 0.717) is 11.6 Å². The molecule has 2 heterocycles. The first kappa shape index (κ1) is 17.5. The van der Waals surface area contributed by atoms with E-state index in [0.717, 1.165) is 30.5 Å². The Morgan fingerprint density at radius 2 is 2.00 bits per heavy atom. The molecule has 0 bridgehead atoms. The normalized spacial score (nSPS) is 16.1. The van der Waals surface area contributed by atoms with Gasteiger partial charge in [0.2, 0.25) is 0 Å². The summed E-state index contributed by atoms with van der Waals surface area (Å²) in [5.74, 6) is 0.545. The lowest BCUT2D eigenvalue weighted by molar-refractivity contribution is -0.122. The van der Waals surface area contributed by atoms with Crippen molar-refractivity contribution in [2.45, 2.75) is 58.4 Å². The van der Waals surface area contributed by atoms with Gasteiger partial charge in [-0.2, -0.15) is 0 Å². The number of nitrogens with zero attached hydrogens (tertiary/aromatic N) is 3. The summed E-state index contributed by atoms with van der Waals surface area (Å²) in [6.45, 7) is 3.76. The molecule has 1 aliphatic rings. The first-order valence-electron chi connectivity index (χ1n) is 9.02. The Bertz CT molecular complexity index is 789. The summed E-state index contributed by atoms with van der Waals surface area (Å²) in [6.07, 6.45) is 8.97. The van der Waals surface area contributed by atoms with Gasteiger partial charge in [0, 0.05) is 23.7 Å². The van der Waals surface area contributed by atoms with E-state index in [9.17, 15) is 9.59 Å². The lowest BCUT2D eigenvalue weighted by Crippen LogP contribution is -2.32. The molecule has 2 aromatic heterocycles. The summed E-state index contributed by atoms with van der Waals surface area (Å²) in [5.41, 5.74) is 2.34. The number of pyridine rings is 1. The average Bonchev–Trinajstić information content (AvgIpc) is 3.08. The maximum Gasteiger partial charge on any atom is 0.254 e. The summed E-state index contributed by atoms with van der Waals surface area (Å²) < 4.78 is 1.52. The van der Waals surface area contributed by atoms with Gasteiger partial charge in [-0.15, -0.1) is 0 Å². The fourth-order valence-electron chi connectivity index (χ4n) is 3.60. The van der Waals surface area contributed by atoms with Crippen molar-refractivity contribution in [3.05, 3.63) is 58.0 Å². The molecule has 0 radical (unpaired) electrons. The van der Waals surface area contributed by atoms with Crippen LogP contribution in [0.15, 0.2) is 35.5 Å². The zero-order chi connectivity index (χ0) is 17.8. The van der Waals surface area contributed by atoms with Gasteiger partial charge in [0.25, 0.3) is 5.56 Å². The van der Waals surface area contributed by atoms with Crippen LogP contribution in [0.1, 0.15) is 55.1 Å². The van der Waals surface area contributed by atoms with Gasteiger partial charge in [-0.3, -0.25) is 19.1 Å². The minimum atomic E-state index is -0.452. The van der Waals surface area contributed by atoms with Gasteiger partial charge >= 0.3 is 0 Å². The van der Waals surface area contributed by atoms with Gasteiger partial charge in [-0.1, -0.05) is 31.7 Å². The molecule has 2 aromatic rings. The highest BCUT2D eigenvalue weighted by atomic mass is 16.1. The lowest BCUT2D eigenvalue weighted by atomic mass is 9.93. The number of Topliss-reactive ketones (excluding diaryl/α,β-unsaturated/α-hetero) is 1. The number of rotatable bonds is 6. The second kappa shape index (κ2) is 7.72. The van der Waals surface area contributed by atoms with Crippen molar-refractivity contribution in [3.63, 3.8) is 0 Å². The van der Waals surface area contributed by atoms with E-state index in [4.69, 9.17) is 0 Å². The Balaban J connectivity index is 1.85. The molecule has 0 aromatic carbocycles. The molecule has 0 amide bonds. The Labute approximate surface area is 148 Å². The Morgan fingerprint density at radius 1 is 1.24 bits per heavy atom. The van der Waals surface area contributed by atoms with Crippen molar-refractivity contribution in [1.29, 1.82) is 0 Å². The van der Waals surface area contributed by atoms with Crippen LogP contribution in [0.25, 0.3) is 0 Å². The average molecular weight is 339 g/mol. The summed E-state index contributed by atoms with van der Waals surface area (Å²) >= 11 is 0. The fraction of sp³-hybridized carbons (Fsp3) is 0.500. The monoisotopic (exact) mass is 339 g/mol. The number of hydrogen-bond acceptors (Lipinski definition) is 4. The van der Waals surface area contributed by atoms with Crippen molar-refractivity contribution < 1.29 is 4.79 Å². The third-order valence-electron chi connectivity index (χ3n) is 5.04. The topological polar surface area (TPSA) is 64.8 Å². The highest BCUT2D eigenvalue weighted by Gasteiger charge is 2.27. The molecule has 1 aliphatic carbocycles. The zero-order valence-corrected chi connectivity index (χ0v) is 14.9. The van der Waals surface area contributed by atoms with Gasteiger partial charge in [0.1, 0.15) is 0 Å². The third-order valence-corrected chi connectivity index (χ3v) is 5.04. The molecule has 132 valence electrons. The lowest BCUT2D eigenvalue weighted by Gasteiger charge is -2.21. The summed E-state index contributed by atoms with van der Waals surface area (Å²) in [7, 11) is 0. The van der Waals surface area contributed by atoms with E-state index in [1.54, 1.807) is 13.1 Å². The SMILES string of the molecule is Cc1ccc(CC(=O)[C@H](CC2CCCC2)n2cnc(C)cc2=O)nc1. The second-order valence-corrected chi connectivity index (χ2v) is 7.15. The van der Waals surface area contributed by atoms with Crippen molar-refractivity contribution in [1.82, 2.24) is 14.5 Å². The number of ketones is 1. The van der Waals surface area contributed by atoms with Crippen LogP contribution >= 0.6 is 0 Å². The number of aryl methyl sites for hydroxylation is 2. The minimum absolute atomic E-state index is 0.0380. The van der Waals surface area contributed by atoms with Crippen molar-refractivity contribution >= 4 is 5.78 Å². The molecular weight excluding hydrogens is 314 g/mol. The Kier molecular flexibility index (Phi) is 5.41. The van der Waals surface area contributed by atoms with E-state index in [-0.39, 0.29) is 17.8 Å². The molecule has 5 nitrogen and oxygen atoms in total. The molecule has 5 heteroatoms. The van der Waals surface area contributed by atoms with Crippen LogP contribution in [0.5, 0.6) is 0 Å². The predicted molar refractivity (Wildman–Crippen MR) is 96.5 cm³/mol. The zero-order valence-electron chi connectivity index (χ0n) is 14.9. The Morgan fingerprint density at radius 3 is 2.64 bits per heavy atom. The molecule has 1 atom stereocenters. The fourth-order valence-corrected chi connectivity index (χ4v) is 3.60. The van der Waals surface area contributed by atoms with Gasteiger partial charge in [-0.05, 0) is 37.8 Å². The van der Waals surface area contributed by atoms with E-state index in [1.807, 2.05) is 19.1 Å². The molecule has 0 aliphatic heterocycles. The van der Waals surface area contributed by atoms with Crippen LogP contribution in [0.2, 0.25) is 0 Å². The maximum absolute atomic E-state index is 13.0. The van der Waals surface area contributed by atoms with E-state index >= 15 is 0 Å². The molecule has 1 fully saturated rings. The second-order valence-electron chi connectivity index (χ2n) is 7.15. The third kappa shape index (κ3) is 4.41. The Hall–Kier alpha value is -2.30. The number of carbonyl (C=O) groups is 1. The highest BCUT2D eigenvalue weighted by molar-refractivity contribution is 5.84. The van der Waals surface area contributed by atoms with Crippen molar-refractivity contribution in [2.75, 3.05) is 0 Å². The molecule has 0 saturated heterocycles. The van der Waals surface area contributed by atoms with Crippen LogP contribution in [0.3, 0.4) is 0 Å². The molecule has 25 heavy (non-hydrogen) atoms. The highest BCUT2D eigenvalue weighted by Crippen LogP contribution is 2.32. The predicted octanol–water partition coefficient (Wildman–Crippen LogP) is 3.19. The van der Waals surface area contributed by atoms with Gasteiger partial charge in [-0.25, -0.2) is 4.98 Å². The van der Waals surface area contributed by atoms with Crippen LogP contribution in [-0.2, 0) is 11.2 Å². The van der Waals surface area contributed by atoms with Gasteiger partial charge < -0.3 is 0 Å². The quantitative estimate of drug-likeness (QED) is 0.811. The first-order valence-corrected chi connectivity index (χ1v) is 9.02. The van der Waals surface area contributed by atoms with Crippen molar-refractivity contribution in [3.8, 4) is 0 Å². The first-order chi connectivity index (χ1) is 12.0. The van der Waals surface area contributed by atoms with Crippen LogP contribution in [0, 0.1) is 19.8 Å². The van der Waals surface area contributed by atoms with Gasteiger partial charge in [0.05, 0.1) is 18.8 Å². The maximum atomic E-state index is 13.0. The van der Waals surface area contributed by atoms with E-state index in [1.165, 1.54) is 29.8 Å². The van der Waals surface area contributed by atoms with Crippen LogP contribution < -0.4 is 5.56 Å². The standard InChI is InChI=1S/C20H25N3O2/c1-14-7-8-17(21-12-14)11-19(24)18(10-16-5-3-4-6-16)23-13-22-15(2)9-20(23)25/h7-9,12-13,16,18H,3-6,10-11H2,1-2H3/t18-/m0/s1. The summed E-state index contributed by atoms with van der Waals surface area (Å²) in [4.78, 5) is 34.0. The summed E-state index contributed by atoms with van der Waals surface area (Å²) in [6, 6.07) is 4.89. The number of hydrogen-bond donors (Lipinski definition) is 0. The molecule has 0 unspecified atom stereocenters. The van der Waals surface area contributed by atoms with E-state index in [2.05, 4.69) is 9.97 Å². The van der Waals surface area contributed by atoms with Crippen molar-refractivity contribution in [2.24, 2.45) is 5.92 Å². The summed E-state index contributed by atoms with van der Waals surface area (Å²) in [5, 5.41) is 0. The molecule has 0 spiro atoms. The molecule has 3 rings (SSSR count). The van der Waals surface area contributed by atoms with Crippen LogP contribution in [0.4, 0.5) is 0 Å². The number of carbonyl (C=O) groups excluding carboxylic acids is 1. The molecule has 0 N–H and O–H groups in total. The van der Waals surface area contributed by atoms with Gasteiger partial charge in [0.15, 0.2) is 5.78 Å². The minimum Gasteiger partial charge on any atom is -0.297 e. The van der Waals surface area contributed by atoms with E-state index < -0.39 is 6.04 Å². The van der Waals surface area contributed by atoms with Crippen LogP contribution in [-0.4, -0.2) is 20.3 Å². The molecule has 1 saturated carbocycles. The molecular formula is C20H25N3O2. The number of aromatic nitrogens is 3.